The first kappa shape index (κ1) is 12.5. The second-order valence-corrected chi connectivity index (χ2v) is 5.92. The number of sulfonamides is 1. The van der Waals surface area contributed by atoms with Crippen LogP contribution in [0.1, 0.15) is 0 Å². The van der Waals surface area contributed by atoms with E-state index in [1.54, 1.807) is 36.4 Å². The fourth-order valence-electron chi connectivity index (χ4n) is 2.00. The highest BCUT2D eigenvalue weighted by Crippen LogP contribution is 2.26. The van der Waals surface area contributed by atoms with Crippen molar-refractivity contribution in [3.63, 3.8) is 0 Å². The molecule has 20 heavy (non-hydrogen) atoms. The second kappa shape index (κ2) is 4.24. The molecule has 0 atom stereocenters. The monoisotopic (exact) mass is 288 g/mol. The smallest absolute Gasteiger partial charge is 0.262 e. The number of carbonyl (C=O) groups excluding carboxylic acids is 2. The van der Waals surface area contributed by atoms with Crippen LogP contribution in [-0.4, -0.2) is 30.9 Å². The average molecular weight is 288 g/mol. The normalized spacial score (nSPS) is 15.3. The molecule has 100 valence electrons. The molecule has 2 aromatic rings. The highest BCUT2D eigenvalue weighted by atomic mass is 32.2. The summed E-state index contributed by atoms with van der Waals surface area (Å²) in [6.07, 6.45) is 0.738. The van der Waals surface area contributed by atoms with Gasteiger partial charge in [0.05, 0.1) is 4.90 Å². The Morgan fingerprint density at radius 3 is 2.35 bits per heavy atom. The molecule has 3 rings (SSSR count). The van der Waals surface area contributed by atoms with E-state index in [4.69, 9.17) is 0 Å². The van der Waals surface area contributed by atoms with Gasteiger partial charge in [-0.1, -0.05) is 36.4 Å². The van der Waals surface area contributed by atoms with Crippen molar-refractivity contribution in [1.82, 2.24) is 4.31 Å². The van der Waals surface area contributed by atoms with E-state index >= 15 is 0 Å². The average Bonchev–Trinajstić information content (AvgIpc) is 2.79. The summed E-state index contributed by atoms with van der Waals surface area (Å²) in [7, 11) is -4.13. The van der Waals surface area contributed by atoms with Gasteiger partial charge in [0.2, 0.25) is 0 Å². The summed E-state index contributed by atoms with van der Waals surface area (Å²) in [5.41, 5.74) is 0. The summed E-state index contributed by atoms with van der Waals surface area (Å²) in [5, 5.41) is 1.21. The first-order valence-corrected chi connectivity index (χ1v) is 7.10. The van der Waals surface area contributed by atoms with Crippen LogP contribution in [0.15, 0.2) is 52.4 Å². The Morgan fingerprint density at radius 1 is 0.950 bits per heavy atom. The van der Waals surface area contributed by atoms with Gasteiger partial charge in [0, 0.05) is 5.39 Å². The largest absolute Gasteiger partial charge is 0.338 e. The number of hydrogen-bond donors (Lipinski definition) is 0. The molecule has 1 aliphatic rings. The third-order valence-corrected chi connectivity index (χ3v) is 4.64. The number of hydrogen-bond acceptors (Lipinski definition) is 4. The Labute approximate surface area is 114 Å². The fourth-order valence-corrected chi connectivity index (χ4v) is 3.40. The molecule has 0 bridgehead atoms. The molecule has 6 nitrogen and oxygen atoms in total. The van der Waals surface area contributed by atoms with Gasteiger partial charge in [0.1, 0.15) is 6.34 Å². The van der Waals surface area contributed by atoms with Gasteiger partial charge in [-0.05, 0) is 11.5 Å². The molecule has 0 saturated heterocycles. The van der Waals surface area contributed by atoms with Crippen LogP contribution >= 0.6 is 0 Å². The standard InChI is InChI=1S/C13H8N2O4S/c16-12-13(17)15(8-14-12)20(18,19)11-7-3-5-9-4-1-2-6-10(9)11/h1-8H. The SMILES string of the molecule is O=C1N=CN(S(=O)(=O)c2cccc3ccccc23)C1=O. The van der Waals surface area contributed by atoms with E-state index in [9.17, 15) is 18.0 Å². The summed E-state index contributed by atoms with van der Waals surface area (Å²) >= 11 is 0. The van der Waals surface area contributed by atoms with Crippen molar-refractivity contribution in [1.29, 1.82) is 0 Å². The van der Waals surface area contributed by atoms with Gasteiger partial charge in [-0.25, -0.2) is 8.42 Å². The molecule has 0 N–H and O–H groups in total. The van der Waals surface area contributed by atoms with Crippen LogP contribution in [0.3, 0.4) is 0 Å². The molecule has 0 aliphatic carbocycles. The van der Waals surface area contributed by atoms with Crippen LogP contribution in [-0.2, 0) is 19.6 Å². The Balaban J connectivity index is 2.23. The molecular formula is C13H8N2O4S. The summed E-state index contributed by atoms with van der Waals surface area (Å²) in [5.74, 6) is -2.26. The van der Waals surface area contributed by atoms with E-state index < -0.39 is 21.8 Å². The zero-order chi connectivity index (χ0) is 14.3. The molecule has 0 unspecified atom stereocenters. The Kier molecular flexibility index (Phi) is 2.65. The van der Waals surface area contributed by atoms with Crippen molar-refractivity contribution >= 4 is 38.9 Å². The van der Waals surface area contributed by atoms with E-state index in [1.165, 1.54) is 6.07 Å². The quantitative estimate of drug-likeness (QED) is 0.769. The molecule has 7 heteroatoms. The van der Waals surface area contributed by atoms with Gasteiger partial charge in [0.25, 0.3) is 10.0 Å². The number of nitrogens with zero attached hydrogens (tertiary/aromatic N) is 2. The Bertz CT molecular complexity index is 866. The molecule has 0 spiro atoms. The number of amides is 2. The van der Waals surface area contributed by atoms with Crippen LogP contribution in [0, 0.1) is 0 Å². The predicted molar refractivity (Wildman–Crippen MR) is 71.5 cm³/mol. The topological polar surface area (TPSA) is 83.9 Å². The molecule has 1 heterocycles. The first-order chi connectivity index (χ1) is 9.51. The zero-order valence-electron chi connectivity index (χ0n) is 10.1. The molecule has 2 aromatic carbocycles. The zero-order valence-corrected chi connectivity index (χ0v) is 10.9. The van der Waals surface area contributed by atoms with Crippen molar-refractivity contribution in [2.45, 2.75) is 4.90 Å². The molecule has 0 aromatic heterocycles. The highest BCUT2D eigenvalue weighted by molar-refractivity contribution is 7.90. The highest BCUT2D eigenvalue weighted by Gasteiger charge is 2.37. The maximum absolute atomic E-state index is 12.5. The van der Waals surface area contributed by atoms with Crippen LogP contribution in [0.2, 0.25) is 0 Å². The molecule has 2 amide bonds. The van der Waals surface area contributed by atoms with Gasteiger partial charge in [-0.2, -0.15) is 9.30 Å². The number of benzene rings is 2. The van der Waals surface area contributed by atoms with Crippen molar-refractivity contribution in [2.24, 2.45) is 4.99 Å². The third-order valence-electron chi connectivity index (χ3n) is 2.95. The summed E-state index contributed by atoms with van der Waals surface area (Å²) in [6, 6.07) is 11.6. The lowest BCUT2D eigenvalue weighted by Crippen LogP contribution is -2.34. The van der Waals surface area contributed by atoms with Crippen molar-refractivity contribution in [3.8, 4) is 0 Å². The maximum Gasteiger partial charge on any atom is 0.338 e. The van der Waals surface area contributed by atoms with Crippen LogP contribution in [0.5, 0.6) is 0 Å². The maximum atomic E-state index is 12.5. The van der Waals surface area contributed by atoms with Crippen LogP contribution in [0.25, 0.3) is 10.8 Å². The number of carbonyl (C=O) groups is 2. The van der Waals surface area contributed by atoms with Gasteiger partial charge >= 0.3 is 11.8 Å². The first-order valence-electron chi connectivity index (χ1n) is 5.66. The lowest BCUT2D eigenvalue weighted by molar-refractivity contribution is -0.137. The van der Waals surface area contributed by atoms with E-state index in [-0.39, 0.29) is 4.90 Å². The minimum absolute atomic E-state index is 0.0369. The molecule has 1 aliphatic heterocycles. The molecule has 0 fully saturated rings. The van der Waals surface area contributed by atoms with E-state index in [2.05, 4.69) is 4.99 Å². The number of fused-ring (bicyclic) bond motifs is 1. The van der Waals surface area contributed by atoms with Crippen LogP contribution < -0.4 is 0 Å². The van der Waals surface area contributed by atoms with E-state index in [0.717, 1.165) is 11.7 Å². The number of aliphatic imine (C=N–C) groups is 1. The van der Waals surface area contributed by atoms with Crippen molar-refractivity contribution < 1.29 is 18.0 Å². The third kappa shape index (κ3) is 1.71. The Hall–Kier alpha value is -2.54. The van der Waals surface area contributed by atoms with Gasteiger partial charge < -0.3 is 0 Å². The van der Waals surface area contributed by atoms with Gasteiger partial charge in [0.15, 0.2) is 0 Å². The lowest BCUT2D eigenvalue weighted by Gasteiger charge is -2.13. The van der Waals surface area contributed by atoms with Gasteiger partial charge in [-0.15, -0.1) is 0 Å². The number of rotatable bonds is 2. The lowest BCUT2D eigenvalue weighted by atomic mass is 10.1. The van der Waals surface area contributed by atoms with Crippen molar-refractivity contribution in [3.05, 3.63) is 42.5 Å². The summed E-state index contributed by atoms with van der Waals surface area (Å²) < 4.78 is 25.3. The van der Waals surface area contributed by atoms with E-state index in [0.29, 0.717) is 9.69 Å². The van der Waals surface area contributed by atoms with Crippen LogP contribution in [0.4, 0.5) is 0 Å². The summed E-state index contributed by atoms with van der Waals surface area (Å²) in [4.78, 5) is 25.8. The van der Waals surface area contributed by atoms with Gasteiger partial charge in [-0.3, -0.25) is 9.59 Å². The predicted octanol–water partition coefficient (Wildman–Crippen LogP) is 0.926. The Morgan fingerprint density at radius 2 is 1.65 bits per heavy atom. The minimum Gasteiger partial charge on any atom is -0.262 e. The molecule has 0 saturated carbocycles. The fraction of sp³-hybridized carbons (Fsp3) is 0. The van der Waals surface area contributed by atoms with E-state index in [1.807, 2.05) is 0 Å². The summed E-state index contributed by atoms with van der Waals surface area (Å²) in [6.45, 7) is 0. The molecule has 0 radical (unpaired) electrons. The second-order valence-electron chi connectivity index (χ2n) is 4.13. The van der Waals surface area contributed by atoms with Crippen molar-refractivity contribution in [2.75, 3.05) is 0 Å². The minimum atomic E-state index is -4.13. The molecular weight excluding hydrogens is 280 g/mol.